The van der Waals surface area contributed by atoms with Crippen molar-refractivity contribution in [1.82, 2.24) is 10.3 Å². The fourth-order valence-electron chi connectivity index (χ4n) is 0.496. The lowest BCUT2D eigenvalue weighted by Gasteiger charge is -1.94. The molecule has 0 saturated carbocycles. The third-order valence-electron chi connectivity index (χ3n) is 0.765. The summed E-state index contributed by atoms with van der Waals surface area (Å²) in [7, 11) is -4.10. The number of rotatable bonds is 0. The van der Waals surface area contributed by atoms with Gasteiger partial charge in [-0.05, 0) is 0 Å². The van der Waals surface area contributed by atoms with E-state index in [9.17, 15) is 17.3 Å². The highest BCUT2D eigenvalue weighted by Gasteiger charge is 2.20. The van der Waals surface area contributed by atoms with Crippen LogP contribution in [0.25, 0.3) is 0 Å². The van der Waals surface area contributed by atoms with E-state index in [2.05, 4.69) is 10.3 Å². The highest BCUT2D eigenvalue weighted by atomic mass is 19.5. The quantitative estimate of drug-likeness (QED) is 0.362. The molecule has 0 aromatic carbocycles. The van der Waals surface area contributed by atoms with Crippen molar-refractivity contribution in [2.45, 2.75) is 6.92 Å². The highest BCUT2D eigenvalue weighted by molar-refractivity contribution is 6.50. The molecule has 70 valence electrons. The smallest absolute Gasteiger partial charge is 0.418 e. The molecule has 0 fully saturated rings. The van der Waals surface area contributed by atoms with Gasteiger partial charge in [-0.2, -0.15) is 4.68 Å². The molecule has 12 heavy (non-hydrogen) atoms. The van der Waals surface area contributed by atoms with E-state index in [0.717, 1.165) is 5.69 Å². The summed E-state index contributed by atoms with van der Waals surface area (Å²) in [6.45, 7) is 1.94. The molecule has 0 aliphatic rings. The van der Waals surface area contributed by atoms with Gasteiger partial charge >= 0.3 is 7.25 Å². The molecule has 1 heterocycles. The third-order valence-corrected chi connectivity index (χ3v) is 0.765. The van der Waals surface area contributed by atoms with Crippen LogP contribution in [0.15, 0.2) is 6.20 Å². The molecule has 1 N–H and O–H groups in total. The van der Waals surface area contributed by atoms with Gasteiger partial charge in [-0.25, -0.2) is 0 Å². The predicted molar refractivity (Wildman–Crippen MR) is 34.7 cm³/mol. The Morgan fingerprint density at radius 3 is 1.92 bits per heavy atom. The molecule has 1 aromatic rings. The van der Waals surface area contributed by atoms with Gasteiger partial charge in [-0.15, -0.1) is 0 Å². The number of nitrogens with zero attached hydrogens (tertiary/aromatic N) is 2. The Kier molecular flexibility index (Phi) is 3.71. The summed E-state index contributed by atoms with van der Waals surface area (Å²) in [5.41, 5.74) is 1.02. The maximum atomic E-state index is 9.75. The largest absolute Gasteiger partial charge is 0.673 e. The number of aryl methyl sites for hydroxylation is 2. The molecule has 0 spiro atoms. The summed E-state index contributed by atoms with van der Waals surface area (Å²) >= 11 is 0. The van der Waals surface area contributed by atoms with Crippen molar-refractivity contribution in [1.29, 1.82) is 0 Å². The lowest BCUT2D eigenvalue weighted by Crippen LogP contribution is -2.28. The lowest BCUT2D eigenvalue weighted by atomic mass is 10.3. The van der Waals surface area contributed by atoms with Gasteiger partial charge in [0.1, 0.15) is 7.05 Å². The van der Waals surface area contributed by atoms with E-state index >= 15 is 0 Å². The Morgan fingerprint density at radius 2 is 1.83 bits per heavy atom. The highest BCUT2D eigenvalue weighted by Crippen LogP contribution is 2.06. The average molecular weight is 185 g/mol. The molecule has 0 aliphatic heterocycles. The Morgan fingerprint density at radius 1 is 1.42 bits per heavy atom. The molecule has 3 nitrogen and oxygen atoms in total. The van der Waals surface area contributed by atoms with Crippen molar-refractivity contribution in [3.8, 4) is 0 Å². The molecule has 0 amide bonds. The average Bonchev–Trinajstić information content (AvgIpc) is 2.09. The van der Waals surface area contributed by atoms with E-state index in [4.69, 9.17) is 0 Å². The van der Waals surface area contributed by atoms with Gasteiger partial charge < -0.3 is 17.3 Å². The van der Waals surface area contributed by atoms with Crippen LogP contribution in [0.4, 0.5) is 17.3 Å². The van der Waals surface area contributed by atoms with Gasteiger partial charge in [-0.3, -0.25) is 0 Å². The minimum atomic E-state index is -6.00. The van der Waals surface area contributed by atoms with E-state index in [0.29, 0.717) is 0 Å². The van der Waals surface area contributed by atoms with Crippen LogP contribution >= 0.6 is 0 Å². The monoisotopic (exact) mass is 185 g/mol. The normalized spacial score (nSPS) is 10.5. The Hall–Kier alpha value is -1.08. The van der Waals surface area contributed by atoms with Gasteiger partial charge in [0, 0.05) is 12.0 Å². The standard InChI is InChI=1S/C4H7N3.BF4/c1-4-3-7(2)6-5-4;2-1(3,4)5/h3H,1-2H3;/q;-1/p+1. The van der Waals surface area contributed by atoms with E-state index < -0.39 is 7.25 Å². The summed E-state index contributed by atoms with van der Waals surface area (Å²) in [6, 6.07) is 0. The van der Waals surface area contributed by atoms with Crippen molar-refractivity contribution in [2.75, 3.05) is 0 Å². The second-order valence-corrected chi connectivity index (χ2v) is 2.09. The number of H-pyrrole nitrogens is 1. The van der Waals surface area contributed by atoms with Crippen LogP contribution in [-0.2, 0) is 7.05 Å². The van der Waals surface area contributed by atoms with Crippen LogP contribution in [0, 0.1) is 6.92 Å². The van der Waals surface area contributed by atoms with E-state index in [1.165, 1.54) is 0 Å². The van der Waals surface area contributed by atoms with Gasteiger partial charge in [0.2, 0.25) is 5.69 Å². The van der Waals surface area contributed by atoms with Crippen LogP contribution in [0.1, 0.15) is 5.69 Å². The molecule has 8 heteroatoms. The molecule has 1 rings (SSSR count). The van der Waals surface area contributed by atoms with Crippen LogP contribution in [0.3, 0.4) is 0 Å². The van der Waals surface area contributed by atoms with Crippen LogP contribution in [-0.4, -0.2) is 17.6 Å². The summed E-state index contributed by atoms with van der Waals surface area (Å²) in [6.07, 6.45) is 1.92. The first-order valence-electron chi connectivity index (χ1n) is 3.04. The number of hydrogen-bond acceptors (Lipinski definition) is 1. The second-order valence-electron chi connectivity index (χ2n) is 2.09. The number of halogens is 4. The molecule has 0 aliphatic carbocycles. The maximum Gasteiger partial charge on any atom is 0.673 e. The molecular weight excluding hydrogens is 177 g/mol. The summed E-state index contributed by atoms with van der Waals surface area (Å²) in [5, 5.41) is 6.59. The zero-order valence-corrected chi connectivity index (χ0v) is 6.56. The van der Waals surface area contributed by atoms with Gasteiger partial charge in [0.15, 0.2) is 6.20 Å². The van der Waals surface area contributed by atoms with Crippen LogP contribution in [0.2, 0.25) is 0 Å². The van der Waals surface area contributed by atoms with Crippen molar-refractivity contribution in [3.63, 3.8) is 0 Å². The summed E-state index contributed by atoms with van der Waals surface area (Å²) in [5.74, 6) is 0. The molecule has 0 atom stereocenters. The minimum Gasteiger partial charge on any atom is -0.418 e. The number of hydrogen-bond donors (Lipinski definition) is 1. The van der Waals surface area contributed by atoms with Crippen molar-refractivity contribution in [2.24, 2.45) is 7.05 Å². The first kappa shape index (κ1) is 10.9. The topological polar surface area (TPSA) is 32.6 Å². The first-order chi connectivity index (χ1) is 5.29. The molecule has 0 unspecified atom stereocenters. The van der Waals surface area contributed by atoms with Crippen molar-refractivity contribution < 1.29 is 21.9 Å². The van der Waals surface area contributed by atoms with Crippen LogP contribution < -0.4 is 4.68 Å². The van der Waals surface area contributed by atoms with E-state index in [1.54, 1.807) is 4.68 Å². The maximum absolute atomic E-state index is 9.75. The molecule has 1 aromatic heterocycles. The SMILES string of the molecule is Cc1c[n+](C)[nH]n1.F[B-](F)(F)F. The fourth-order valence-corrected chi connectivity index (χ4v) is 0.496. The third kappa shape index (κ3) is 8.92. The summed E-state index contributed by atoms with van der Waals surface area (Å²) in [4.78, 5) is 0. The number of aromatic nitrogens is 3. The predicted octanol–water partition coefficient (Wildman–Crippen LogP) is 0.843. The molecule has 0 bridgehead atoms. The fraction of sp³-hybridized carbons (Fsp3) is 0.500. The Labute approximate surface area is 66.5 Å². The van der Waals surface area contributed by atoms with Crippen molar-refractivity contribution >= 4 is 7.25 Å². The molecule has 0 saturated heterocycles. The van der Waals surface area contributed by atoms with E-state index in [1.807, 2.05) is 20.2 Å². The Bertz CT molecular complexity index is 210. The minimum absolute atomic E-state index is 1.02. The van der Waals surface area contributed by atoms with Crippen molar-refractivity contribution in [3.05, 3.63) is 11.9 Å². The Balaban J connectivity index is 0.000000217. The van der Waals surface area contributed by atoms with Crippen LogP contribution in [0.5, 0.6) is 0 Å². The summed E-state index contributed by atoms with van der Waals surface area (Å²) < 4.78 is 40.8. The molecule has 0 radical (unpaired) electrons. The number of aromatic amines is 1. The second kappa shape index (κ2) is 4.08. The van der Waals surface area contributed by atoms with E-state index in [-0.39, 0.29) is 0 Å². The zero-order valence-electron chi connectivity index (χ0n) is 6.56. The zero-order chi connectivity index (χ0) is 9.78. The van der Waals surface area contributed by atoms with Gasteiger partial charge in [0.25, 0.3) is 0 Å². The first-order valence-corrected chi connectivity index (χ1v) is 3.04. The number of nitrogens with one attached hydrogen (secondary N) is 1. The lowest BCUT2D eigenvalue weighted by molar-refractivity contribution is -0.730. The molecular formula is C4H8BF4N3. The van der Waals surface area contributed by atoms with Gasteiger partial charge in [-0.1, -0.05) is 5.21 Å². The van der Waals surface area contributed by atoms with Gasteiger partial charge in [0.05, 0.1) is 0 Å².